The number of sulfonamides is 1. The standard InChI is InChI=1S/C17H16BrNO6S2/c1-24-13-5-2-10(8-15(13)27(22,23)19-11-3-4-11)17(21)25-9-12(20)14-6-7-16(18)26-14/h2,5-8,11,19H,3-4,9H2,1H3. The second-order valence-electron chi connectivity index (χ2n) is 5.86. The van der Waals surface area contributed by atoms with Gasteiger partial charge in [-0.1, -0.05) is 0 Å². The molecule has 2 aromatic rings. The first-order valence-corrected chi connectivity index (χ1v) is 11.1. The second kappa shape index (κ2) is 8.09. The van der Waals surface area contributed by atoms with Crippen molar-refractivity contribution >= 4 is 49.0 Å². The Balaban J connectivity index is 1.74. The lowest BCUT2D eigenvalue weighted by Gasteiger charge is -2.12. The fraction of sp³-hybridized carbons (Fsp3) is 0.294. The van der Waals surface area contributed by atoms with E-state index in [-0.39, 0.29) is 28.0 Å². The molecule has 0 radical (unpaired) electrons. The molecule has 1 aromatic heterocycles. The van der Waals surface area contributed by atoms with Crippen LogP contribution >= 0.6 is 27.3 Å². The van der Waals surface area contributed by atoms with Crippen molar-refractivity contribution in [3.8, 4) is 5.75 Å². The zero-order valence-electron chi connectivity index (χ0n) is 14.2. The van der Waals surface area contributed by atoms with Crippen molar-refractivity contribution in [2.45, 2.75) is 23.8 Å². The summed E-state index contributed by atoms with van der Waals surface area (Å²) in [5, 5.41) is 0. The van der Waals surface area contributed by atoms with Gasteiger partial charge in [0.1, 0.15) is 10.6 Å². The van der Waals surface area contributed by atoms with Crippen molar-refractivity contribution in [1.82, 2.24) is 4.72 Å². The van der Waals surface area contributed by atoms with Gasteiger partial charge < -0.3 is 9.47 Å². The number of nitrogens with one attached hydrogen (secondary N) is 1. The van der Waals surface area contributed by atoms with E-state index < -0.39 is 22.6 Å². The van der Waals surface area contributed by atoms with E-state index in [1.54, 1.807) is 12.1 Å². The predicted molar refractivity (Wildman–Crippen MR) is 103 cm³/mol. The molecule has 10 heteroatoms. The van der Waals surface area contributed by atoms with Crippen LogP contribution in [0, 0.1) is 0 Å². The van der Waals surface area contributed by atoms with Crippen molar-refractivity contribution in [3.63, 3.8) is 0 Å². The van der Waals surface area contributed by atoms with E-state index in [1.165, 1.54) is 36.6 Å². The fourth-order valence-electron chi connectivity index (χ4n) is 2.25. The first kappa shape index (κ1) is 20.0. The van der Waals surface area contributed by atoms with Crippen LogP contribution in [0.25, 0.3) is 0 Å². The smallest absolute Gasteiger partial charge is 0.338 e. The number of esters is 1. The largest absolute Gasteiger partial charge is 0.495 e. The lowest BCUT2D eigenvalue weighted by molar-refractivity contribution is 0.0475. The van der Waals surface area contributed by atoms with Crippen molar-refractivity contribution in [2.75, 3.05) is 13.7 Å². The molecule has 27 heavy (non-hydrogen) atoms. The van der Waals surface area contributed by atoms with Gasteiger partial charge >= 0.3 is 5.97 Å². The Morgan fingerprint density at radius 3 is 2.59 bits per heavy atom. The summed E-state index contributed by atoms with van der Waals surface area (Å²) in [6.07, 6.45) is 1.56. The van der Waals surface area contributed by atoms with Gasteiger partial charge in [-0.05, 0) is 59.1 Å². The topological polar surface area (TPSA) is 98.8 Å². The number of ether oxygens (including phenoxy) is 2. The molecule has 1 aromatic carbocycles. The molecule has 0 aliphatic heterocycles. The van der Waals surface area contributed by atoms with E-state index in [1.807, 2.05) is 0 Å². The second-order valence-corrected chi connectivity index (χ2v) is 10.0. The van der Waals surface area contributed by atoms with E-state index >= 15 is 0 Å². The summed E-state index contributed by atoms with van der Waals surface area (Å²) in [5.41, 5.74) is 0.0205. The molecule has 0 unspecified atom stereocenters. The third kappa shape index (κ3) is 4.95. The van der Waals surface area contributed by atoms with Gasteiger partial charge in [0.25, 0.3) is 0 Å². The number of thiophene rings is 1. The first-order chi connectivity index (χ1) is 12.8. The molecule has 0 amide bonds. The molecule has 144 valence electrons. The molecule has 0 atom stereocenters. The van der Waals surface area contributed by atoms with Gasteiger partial charge in [-0.2, -0.15) is 0 Å². The molecule has 0 spiro atoms. The Kier molecular flexibility index (Phi) is 5.99. The monoisotopic (exact) mass is 473 g/mol. The number of carbonyl (C=O) groups excluding carboxylic acids is 2. The summed E-state index contributed by atoms with van der Waals surface area (Å²) in [5.74, 6) is -1.00. The van der Waals surface area contributed by atoms with Gasteiger partial charge in [-0.25, -0.2) is 17.9 Å². The summed E-state index contributed by atoms with van der Waals surface area (Å²) in [4.78, 5) is 24.6. The van der Waals surface area contributed by atoms with Gasteiger partial charge in [0.2, 0.25) is 15.8 Å². The Morgan fingerprint density at radius 2 is 2.00 bits per heavy atom. The lowest BCUT2D eigenvalue weighted by Crippen LogP contribution is -2.26. The van der Waals surface area contributed by atoms with Crippen molar-refractivity contribution in [2.24, 2.45) is 0 Å². The summed E-state index contributed by atoms with van der Waals surface area (Å²) in [7, 11) is -2.47. The minimum atomic E-state index is -3.82. The number of halogens is 1. The predicted octanol–water partition coefficient (Wildman–Crippen LogP) is 3.00. The number of hydrogen-bond acceptors (Lipinski definition) is 7. The van der Waals surface area contributed by atoms with E-state index in [0.717, 1.165) is 16.6 Å². The Hall–Kier alpha value is -1.75. The highest BCUT2D eigenvalue weighted by Crippen LogP contribution is 2.28. The van der Waals surface area contributed by atoms with Crippen LogP contribution in [0.3, 0.4) is 0 Å². The quantitative estimate of drug-likeness (QED) is 0.467. The highest BCUT2D eigenvalue weighted by atomic mass is 79.9. The minimum Gasteiger partial charge on any atom is -0.495 e. The van der Waals surface area contributed by atoms with Gasteiger partial charge in [0.05, 0.1) is 21.3 Å². The molecule has 1 aliphatic rings. The van der Waals surface area contributed by atoms with Gasteiger partial charge in [-0.3, -0.25) is 4.79 Å². The van der Waals surface area contributed by atoms with Crippen LogP contribution in [0.1, 0.15) is 32.9 Å². The summed E-state index contributed by atoms with van der Waals surface area (Å²) in [6, 6.07) is 7.25. The molecule has 0 bridgehead atoms. The van der Waals surface area contributed by atoms with E-state index in [9.17, 15) is 18.0 Å². The minimum absolute atomic E-state index is 0.0205. The first-order valence-electron chi connectivity index (χ1n) is 7.96. The molecule has 7 nitrogen and oxygen atoms in total. The van der Waals surface area contributed by atoms with Crippen molar-refractivity contribution in [3.05, 3.63) is 44.6 Å². The zero-order valence-corrected chi connectivity index (χ0v) is 17.4. The number of rotatable bonds is 8. The maximum atomic E-state index is 12.5. The van der Waals surface area contributed by atoms with Crippen LogP contribution in [0.2, 0.25) is 0 Å². The van der Waals surface area contributed by atoms with E-state index in [4.69, 9.17) is 9.47 Å². The van der Waals surface area contributed by atoms with Crippen LogP contribution in [0.4, 0.5) is 0 Å². The van der Waals surface area contributed by atoms with Crippen LogP contribution in [0.15, 0.2) is 39.0 Å². The zero-order chi connectivity index (χ0) is 19.6. The van der Waals surface area contributed by atoms with E-state index in [2.05, 4.69) is 20.7 Å². The Morgan fingerprint density at radius 1 is 1.26 bits per heavy atom. The SMILES string of the molecule is COc1ccc(C(=O)OCC(=O)c2ccc(Br)s2)cc1S(=O)(=O)NC1CC1. The molecule has 1 saturated carbocycles. The molecule has 1 fully saturated rings. The Labute approximate surface area is 168 Å². The average Bonchev–Trinajstić information content (AvgIpc) is 3.34. The maximum Gasteiger partial charge on any atom is 0.338 e. The highest BCUT2D eigenvalue weighted by molar-refractivity contribution is 9.11. The molecule has 3 rings (SSSR count). The fourth-order valence-corrected chi connectivity index (χ4v) is 5.06. The summed E-state index contributed by atoms with van der Waals surface area (Å²) < 4.78 is 38.5. The number of methoxy groups -OCH3 is 1. The molecule has 1 N–H and O–H groups in total. The van der Waals surface area contributed by atoms with Gasteiger partial charge in [0.15, 0.2) is 6.61 Å². The van der Waals surface area contributed by atoms with Gasteiger partial charge in [0, 0.05) is 6.04 Å². The molecule has 1 heterocycles. The summed E-state index contributed by atoms with van der Waals surface area (Å²) >= 11 is 4.50. The number of ketones is 1. The van der Waals surface area contributed by atoms with Crippen LogP contribution in [-0.4, -0.2) is 39.9 Å². The number of benzene rings is 1. The lowest BCUT2D eigenvalue weighted by atomic mass is 10.2. The number of carbonyl (C=O) groups is 2. The van der Waals surface area contributed by atoms with Crippen LogP contribution in [-0.2, 0) is 14.8 Å². The third-order valence-electron chi connectivity index (χ3n) is 3.77. The van der Waals surface area contributed by atoms with E-state index in [0.29, 0.717) is 4.88 Å². The third-order valence-corrected chi connectivity index (χ3v) is 6.98. The van der Waals surface area contributed by atoms with Gasteiger partial charge in [-0.15, -0.1) is 11.3 Å². The normalized spacial score (nSPS) is 14.0. The maximum absolute atomic E-state index is 12.5. The molecule has 0 saturated heterocycles. The van der Waals surface area contributed by atoms with Crippen LogP contribution < -0.4 is 9.46 Å². The number of Topliss-reactive ketones (excluding diaryl/α,β-unsaturated/α-hetero) is 1. The molecular weight excluding hydrogens is 458 g/mol. The van der Waals surface area contributed by atoms with Crippen molar-refractivity contribution < 1.29 is 27.5 Å². The summed E-state index contributed by atoms with van der Waals surface area (Å²) in [6.45, 7) is -0.430. The molecular formula is C17H16BrNO6S2. The number of hydrogen-bond donors (Lipinski definition) is 1. The average molecular weight is 474 g/mol. The highest BCUT2D eigenvalue weighted by Gasteiger charge is 2.30. The van der Waals surface area contributed by atoms with Crippen molar-refractivity contribution in [1.29, 1.82) is 0 Å². The molecule has 1 aliphatic carbocycles. The van der Waals surface area contributed by atoms with Crippen LogP contribution in [0.5, 0.6) is 5.75 Å². The Bertz CT molecular complexity index is 981.